The van der Waals surface area contributed by atoms with E-state index in [1.807, 2.05) is 34.0 Å². The minimum absolute atomic E-state index is 1.18. The molecule has 0 unspecified atom stereocenters. The second kappa shape index (κ2) is 18.1. The lowest BCUT2D eigenvalue weighted by Crippen LogP contribution is -2.75. The van der Waals surface area contributed by atoms with Gasteiger partial charge in [0.1, 0.15) is 0 Å². The standard InChI is InChI=1S/C72H47NS3Si2/c1-5-24-49(25-6-1)77(50-26-7-2-8-27-50,53-32-19-23-48(47-53)73-62-39-16-13-33-54(62)57-45-46-61-56-35-15-18-41-64(56)75-72(61)68(57)73)65-42-21-37-59-60-38-22-44-67(71(60)76-70(59)65)78(51-28-9-3-10-29-51,52-30-11-4-12-31-52)66-43-20-36-58-55-34-14-17-40-63(55)74-69(58)66/h1-47H. The predicted octanol–water partition coefficient (Wildman–Crippen LogP) is 14.6. The fourth-order valence-electron chi connectivity index (χ4n) is 13.5. The fourth-order valence-corrected chi connectivity index (χ4v) is 28.6. The minimum Gasteiger partial charge on any atom is -0.308 e. The van der Waals surface area contributed by atoms with E-state index in [9.17, 15) is 0 Å². The van der Waals surface area contributed by atoms with Gasteiger partial charge in [0.15, 0.2) is 16.1 Å². The molecule has 0 amide bonds. The second-order valence-corrected chi connectivity index (χ2v) is 31.2. The first kappa shape index (κ1) is 45.7. The van der Waals surface area contributed by atoms with Gasteiger partial charge in [-0.3, -0.25) is 0 Å². The van der Waals surface area contributed by atoms with E-state index in [0.29, 0.717) is 0 Å². The quantitative estimate of drug-likeness (QED) is 0.100. The van der Waals surface area contributed by atoms with Gasteiger partial charge in [0.05, 0.1) is 15.7 Å². The van der Waals surface area contributed by atoms with Gasteiger partial charge in [-0.2, -0.15) is 0 Å². The summed E-state index contributed by atoms with van der Waals surface area (Å²) < 4.78 is 10.6. The van der Waals surface area contributed by atoms with Crippen LogP contribution in [0.15, 0.2) is 285 Å². The Kier molecular flexibility index (Phi) is 10.6. The topological polar surface area (TPSA) is 4.93 Å². The Balaban J connectivity index is 1.01. The van der Waals surface area contributed by atoms with E-state index < -0.39 is 16.1 Å². The zero-order valence-electron chi connectivity index (χ0n) is 42.3. The van der Waals surface area contributed by atoms with Gasteiger partial charge < -0.3 is 4.57 Å². The summed E-state index contributed by atoms with van der Waals surface area (Å²) in [4.78, 5) is 0. The first-order chi connectivity index (χ1) is 38.7. The summed E-state index contributed by atoms with van der Waals surface area (Å²) >= 11 is 5.89. The summed E-state index contributed by atoms with van der Waals surface area (Å²) in [7, 11) is -6.28. The van der Waals surface area contributed by atoms with Crippen LogP contribution in [0.25, 0.3) is 88.0 Å². The third-order valence-corrected chi connectivity index (χ3v) is 30.6. The molecular weight excluding hydrogens is 1030 g/mol. The first-order valence-corrected chi connectivity index (χ1v) is 33.2. The molecule has 6 heteroatoms. The maximum atomic E-state index is 2.57. The third kappa shape index (κ3) is 6.56. The van der Waals surface area contributed by atoms with Crippen molar-refractivity contribution in [3.63, 3.8) is 0 Å². The molecule has 4 aromatic heterocycles. The molecule has 0 fully saturated rings. The van der Waals surface area contributed by atoms with Gasteiger partial charge in [-0.05, 0) is 71.8 Å². The Bertz CT molecular complexity index is 4900. The predicted molar refractivity (Wildman–Crippen MR) is 347 cm³/mol. The first-order valence-electron chi connectivity index (χ1n) is 26.7. The number of para-hydroxylation sites is 1. The number of thiophene rings is 3. The normalized spacial score (nSPS) is 12.4. The van der Waals surface area contributed by atoms with Crippen molar-refractivity contribution in [1.29, 1.82) is 0 Å². The molecule has 0 aliphatic heterocycles. The molecule has 4 heterocycles. The molecule has 0 bridgehead atoms. The fraction of sp³-hybridized carbons (Fsp3) is 0. The van der Waals surface area contributed by atoms with Crippen LogP contribution in [0, 0.1) is 0 Å². The molecule has 0 radical (unpaired) electrons. The van der Waals surface area contributed by atoms with Crippen molar-refractivity contribution in [3.8, 4) is 5.69 Å². The lowest BCUT2D eigenvalue weighted by Gasteiger charge is -2.35. The molecular formula is C72H47NS3Si2. The number of rotatable bonds is 9. The van der Waals surface area contributed by atoms with Gasteiger partial charge in [0, 0.05) is 72.3 Å². The van der Waals surface area contributed by atoms with Crippen LogP contribution in [0.1, 0.15) is 0 Å². The average Bonchev–Trinajstić information content (AvgIpc) is 4.43. The zero-order chi connectivity index (χ0) is 51.4. The smallest absolute Gasteiger partial charge is 0.182 e. The van der Waals surface area contributed by atoms with Crippen LogP contribution in [0.2, 0.25) is 0 Å². The second-order valence-electron chi connectivity index (χ2n) is 20.6. The molecule has 0 N–H and O–H groups in total. The minimum atomic E-state index is -3.18. The lowest BCUT2D eigenvalue weighted by atomic mass is 10.1. The van der Waals surface area contributed by atoms with E-state index in [2.05, 4.69) is 290 Å². The molecule has 78 heavy (non-hydrogen) atoms. The molecule has 0 atom stereocenters. The lowest BCUT2D eigenvalue weighted by molar-refractivity contribution is 1.19. The number of nitrogens with zero attached hydrogens (tertiary/aromatic N) is 1. The Morgan fingerprint density at radius 3 is 1.17 bits per heavy atom. The number of fused-ring (bicyclic) bond motifs is 13. The highest BCUT2D eigenvalue weighted by Gasteiger charge is 2.46. The zero-order valence-corrected chi connectivity index (χ0v) is 46.8. The van der Waals surface area contributed by atoms with Crippen LogP contribution in [0.3, 0.4) is 0 Å². The van der Waals surface area contributed by atoms with Gasteiger partial charge in [-0.15, -0.1) is 34.0 Å². The molecule has 16 aromatic rings. The Labute approximate surface area is 465 Å². The van der Waals surface area contributed by atoms with Crippen LogP contribution in [-0.4, -0.2) is 20.7 Å². The number of aromatic nitrogens is 1. The van der Waals surface area contributed by atoms with Crippen LogP contribution in [-0.2, 0) is 0 Å². The summed E-state index contributed by atoms with van der Waals surface area (Å²) in [5, 5.41) is 21.6. The molecule has 0 aliphatic rings. The van der Waals surface area contributed by atoms with Crippen molar-refractivity contribution in [3.05, 3.63) is 285 Å². The maximum Gasteiger partial charge on any atom is 0.182 e. The Morgan fingerprint density at radius 2 is 0.615 bits per heavy atom. The molecule has 12 aromatic carbocycles. The highest BCUT2D eigenvalue weighted by molar-refractivity contribution is 7.35. The van der Waals surface area contributed by atoms with E-state index >= 15 is 0 Å². The molecule has 0 aliphatic carbocycles. The largest absolute Gasteiger partial charge is 0.308 e. The monoisotopic (exact) mass is 1080 g/mol. The van der Waals surface area contributed by atoms with Gasteiger partial charge in [0.2, 0.25) is 0 Å². The van der Waals surface area contributed by atoms with Gasteiger partial charge in [-0.1, -0.05) is 255 Å². The Morgan fingerprint density at radius 1 is 0.244 bits per heavy atom. The van der Waals surface area contributed by atoms with Gasteiger partial charge in [-0.25, -0.2) is 0 Å². The Hall–Kier alpha value is -8.47. The summed E-state index contributed by atoms with van der Waals surface area (Å²) in [5.41, 5.74) is 3.67. The van der Waals surface area contributed by atoms with Crippen molar-refractivity contribution < 1.29 is 0 Å². The van der Waals surface area contributed by atoms with E-state index in [0.717, 1.165) is 0 Å². The van der Waals surface area contributed by atoms with Crippen LogP contribution >= 0.6 is 34.0 Å². The van der Waals surface area contributed by atoms with Crippen molar-refractivity contribution in [2.24, 2.45) is 0 Å². The van der Waals surface area contributed by atoms with E-state index in [1.54, 1.807) is 0 Å². The van der Waals surface area contributed by atoms with Gasteiger partial charge >= 0.3 is 0 Å². The molecule has 1 nitrogen and oxygen atoms in total. The molecule has 366 valence electrons. The molecule has 16 rings (SSSR count). The summed E-state index contributed by atoms with van der Waals surface area (Å²) in [5.74, 6) is 0. The van der Waals surface area contributed by atoms with Crippen LogP contribution < -0.4 is 41.5 Å². The van der Waals surface area contributed by atoms with Crippen LogP contribution in [0.4, 0.5) is 0 Å². The summed E-state index contributed by atoms with van der Waals surface area (Å²) in [6.07, 6.45) is 0. The number of benzene rings is 12. The summed E-state index contributed by atoms with van der Waals surface area (Å²) in [6.45, 7) is 0. The molecule has 0 saturated carbocycles. The highest BCUT2D eigenvalue weighted by Crippen LogP contribution is 2.43. The maximum absolute atomic E-state index is 3.18. The van der Waals surface area contributed by atoms with E-state index in [1.165, 1.54) is 130 Å². The van der Waals surface area contributed by atoms with Crippen molar-refractivity contribution in [2.45, 2.75) is 0 Å². The number of hydrogen-bond donors (Lipinski definition) is 0. The third-order valence-electron chi connectivity index (χ3n) is 16.7. The van der Waals surface area contributed by atoms with E-state index in [-0.39, 0.29) is 0 Å². The summed E-state index contributed by atoms with van der Waals surface area (Å²) in [6, 6.07) is 109. The van der Waals surface area contributed by atoms with Crippen LogP contribution in [0.5, 0.6) is 0 Å². The van der Waals surface area contributed by atoms with Crippen molar-refractivity contribution in [1.82, 2.24) is 4.57 Å². The highest BCUT2D eigenvalue weighted by atomic mass is 32.1. The average molecular weight is 1080 g/mol. The molecule has 0 spiro atoms. The van der Waals surface area contributed by atoms with Crippen molar-refractivity contribution >= 4 is 174 Å². The van der Waals surface area contributed by atoms with Crippen molar-refractivity contribution in [2.75, 3.05) is 0 Å². The SMILES string of the molecule is c1ccc([Si](c2ccccc2)(c2cccc(-n3c4ccccc4c4ccc5c6ccccc6sc5c43)c2)c2cccc3c2sc2c([Si](c4ccccc4)(c4ccccc4)c4cccc5c4sc4ccccc45)cccc23)cc1. The van der Waals surface area contributed by atoms with Gasteiger partial charge in [0.25, 0.3) is 0 Å². The number of hydrogen-bond acceptors (Lipinski definition) is 3. The van der Waals surface area contributed by atoms with E-state index in [4.69, 9.17) is 0 Å². The molecule has 0 saturated heterocycles.